The van der Waals surface area contributed by atoms with Crippen LogP contribution in [0, 0.1) is 5.92 Å². The van der Waals surface area contributed by atoms with E-state index in [1.165, 1.54) is 29.9 Å². The predicted octanol–water partition coefficient (Wildman–Crippen LogP) is 3.67. The third-order valence-electron chi connectivity index (χ3n) is 4.08. The van der Waals surface area contributed by atoms with Gasteiger partial charge in [-0.2, -0.15) is 11.8 Å². The Morgan fingerprint density at radius 2 is 1.81 bits per heavy atom. The third-order valence-corrected chi connectivity index (χ3v) is 5.13. The number of ether oxygens (including phenoxy) is 2. The van der Waals surface area contributed by atoms with Crippen molar-refractivity contribution in [2.45, 2.75) is 32.6 Å². The van der Waals surface area contributed by atoms with E-state index in [1.54, 1.807) is 0 Å². The van der Waals surface area contributed by atoms with Gasteiger partial charge in [0.2, 0.25) is 0 Å². The fraction of sp³-hybridized carbons (Fsp3) is 0.647. The number of hydrogen-bond acceptors (Lipinski definition) is 4. The Bertz CT molecular complexity index is 433. The van der Waals surface area contributed by atoms with E-state index in [4.69, 9.17) is 15.2 Å². The molecule has 1 atom stereocenters. The van der Waals surface area contributed by atoms with Gasteiger partial charge in [0.05, 0.1) is 13.2 Å². The largest absolute Gasteiger partial charge is 0.490 e. The molecule has 1 heterocycles. The van der Waals surface area contributed by atoms with Crippen molar-refractivity contribution in [1.82, 2.24) is 0 Å². The molecule has 1 unspecified atom stereocenters. The lowest BCUT2D eigenvalue weighted by atomic mass is 9.82. The topological polar surface area (TPSA) is 44.5 Å². The zero-order chi connectivity index (χ0) is 15.1. The van der Waals surface area contributed by atoms with Gasteiger partial charge in [-0.1, -0.05) is 6.07 Å². The van der Waals surface area contributed by atoms with E-state index in [0.717, 1.165) is 11.5 Å². The number of hydrogen-bond donors (Lipinski definition) is 1. The maximum atomic E-state index is 6.08. The first-order valence-electron chi connectivity index (χ1n) is 7.97. The zero-order valence-corrected chi connectivity index (χ0v) is 14.0. The van der Waals surface area contributed by atoms with E-state index in [9.17, 15) is 0 Å². The molecule has 2 N–H and O–H groups in total. The number of thioether (sulfide) groups is 1. The molecular weight excluding hydrogens is 282 g/mol. The van der Waals surface area contributed by atoms with Crippen LogP contribution in [0.1, 0.15) is 38.2 Å². The maximum absolute atomic E-state index is 6.08. The van der Waals surface area contributed by atoms with Gasteiger partial charge in [0.15, 0.2) is 11.5 Å². The van der Waals surface area contributed by atoms with Crippen LogP contribution in [0.2, 0.25) is 0 Å². The average molecular weight is 309 g/mol. The lowest BCUT2D eigenvalue weighted by Gasteiger charge is -2.30. The van der Waals surface area contributed by atoms with Crippen LogP contribution in [0.3, 0.4) is 0 Å². The van der Waals surface area contributed by atoms with Crippen molar-refractivity contribution in [3.05, 3.63) is 23.8 Å². The van der Waals surface area contributed by atoms with Crippen LogP contribution in [0.25, 0.3) is 0 Å². The molecule has 1 aliphatic heterocycles. The molecule has 2 rings (SSSR count). The predicted molar refractivity (Wildman–Crippen MR) is 90.6 cm³/mol. The van der Waals surface area contributed by atoms with Gasteiger partial charge >= 0.3 is 0 Å². The lowest BCUT2D eigenvalue weighted by molar-refractivity contribution is 0.286. The van der Waals surface area contributed by atoms with Crippen molar-refractivity contribution in [3.63, 3.8) is 0 Å². The molecule has 0 saturated carbocycles. The first-order valence-corrected chi connectivity index (χ1v) is 9.12. The molecule has 4 heteroatoms. The molecule has 1 aliphatic rings. The second kappa shape index (κ2) is 8.54. The lowest BCUT2D eigenvalue weighted by Crippen LogP contribution is -2.25. The van der Waals surface area contributed by atoms with E-state index < -0.39 is 0 Å². The molecule has 118 valence electrons. The normalized spacial score (nSPS) is 17.5. The Morgan fingerprint density at radius 1 is 1.14 bits per heavy atom. The Hall–Kier alpha value is -0.870. The summed E-state index contributed by atoms with van der Waals surface area (Å²) < 4.78 is 11.4. The number of benzene rings is 1. The van der Waals surface area contributed by atoms with E-state index in [2.05, 4.69) is 23.9 Å². The fourth-order valence-corrected chi connectivity index (χ4v) is 4.16. The minimum absolute atomic E-state index is 0.431. The standard InChI is InChI=1S/C17H27NO2S/c1-3-19-16-6-5-14(11-17(16)20-4-2)15(12-18)13-7-9-21-10-8-13/h5-6,11,13,15H,3-4,7-10,12,18H2,1-2H3. The highest BCUT2D eigenvalue weighted by Crippen LogP contribution is 2.38. The Morgan fingerprint density at radius 3 is 2.43 bits per heavy atom. The van der Waals surface area contributed by atoms with Gasteiger partial charge in [0.25, 0.3) is 0 Å². The molecule has 1 fully saturated rings. The summed E-state index contributed by atoms with van der Waals surface area (Å²) in [4.78, 5) is 0. The number of nitrogens with two attached hydrogens (primary N) is 1. The van der Waals surface area contributed by atoms with E-state index in [-0.39, 0.29) is 0 Å². The van der Waals surface area contributed by atoms with Crippen LogP contribution in [0.5, 0.6) is 11.5 Å². The highest BCUT2D eigenvalue weighted by atomic mass is 32.2. The second-order valence-corrected chi connectivity index (χ2v) is 6.59. The van der Waals surface area contributed by atoms with Crippen LogP contribution in [-0.2, 0) is 0 Å². The summed E-state index contributed by atoms with van der Waals surface area (Å²) in [6, 6.07) is 6.32. The first kappa shape index (κ1) is 16.5. The van der Waals surface area contributed by atoms with Crippen LogP contribution in [-0.4, -0.2) is 31.3 Å². The minimum Gasteiger partial charge on any atom is -0.490 e. The molecule has 0 aromatic heterocycles. The minimum atomic E-state index is 0.431. The average Bonchev–Trinajstić information content (AvgIpc) is 2.52. The molecule has 0 bridgehead atoms. The number of rotatable bonds is 7. The summed E-state index contributed by atoms with van der Waals surface area (Å²) >= 11 is 2.06. The molecular formula is C17H27NO2S. The molecule has 21 heavy (non-hydrogen) atoms. The summed E-state index contributed by atoms with van der Waals surface area (Å²) in [6.07, 6.45) is 2.54. The molecule has 1 saturated heterocycles. The van der Waals surface area contributed by atoms with Crippen LogP contribution in [0.4, 0.5) is 0 Å². The molecule has 1 aromatic rings. The van der Waals surface area contributed by atoms with Crippen molar-refractivity contribution in [1.29, 1.82) is 0 Å². The molecule has 0 radical (unpaired) electrons. The SMILES string of the molecule is CCOc1ccc(C(CN)C2CCSCC2)cc1OCC. The molecule has 1 aromatic carbocycles. The van der Waals surface area contributed by atoms with E-state index in [0.29, 0.717) is 31.6 Å². The highest BCUT2D eigenvalue weighted by Gasteiger charge is 2.25. The van der Waals surface area contributed by atoms with Gasteiger partial charge in [-0.3, -0.25) is 0 Å². The summed E-state index contributed by atoms with van der Waals surface area (Å²) in [6.45, 7) is 6.00. The van der Waals surface area contributed by atoms with Crippen LogP contribution in [0.15, 0.2) is 18.2 Å². The molecule has 0 amide bonds. The summed E-state index contributed by atoms with van der Waals surface area (Å²) in [5.41, 5.74) is 7.37. The van der Waals surface area contributed by atoms with Crippen LogP contribution >= 0.6 is 11.8 Å². The molecule has 3 nitrogen and oxygen atoms in total. The third kappa shape index (κ3) is 4.30. The van der Waals surface area contributed by atoms with Gasteiger partial charge in [-0.05, 0) is 74.3 Å². The van der Waals surface area contributed by atoms with Crippen LogP contribution < -0.4 is 15.2 Å². The van der Waals surface area contributed by atoms with Gasteiger partial charge in [-0.25, -0.2) is 0 Å². The van der Waals surface area contributed by atoms with Gasteiger partial charge in [0, 0.05) is 0 Å². The summed E-state index contributed by atoms with van der Waals surface area (Å²) in [5, 5.41) is 0. The van der Waals surface area contributed by atoms with Gasteiger partial charge in [-0.15, -0.1) is 0 Å². The Labute approximate surface area is 132 Å². The Kier molecular flexibility index (Phi) is 6.71. The Balaban J connectivity index is 2.21. The van der Waals surface area contributed by atoms with Crippen molar-refractivity contribution in [2.75, 3.05) is 31.3 Å². The zero-order valence-electron chi connectivity index (χ0n) is 13.1. The van der Waals surface area contributed by atoms with Gasteiger partial charge < -0.3 is 15.2 Å². The van der Waals surface area contributed by atoms with Crippen molar-refractivity contribution < 1.29 is 9.47 Å². The van der Waals surface area contributed by atoms with Gasteiger partial charge in [0.1, 0.15) is 0 Å². The van der Waals surface area contributed by atoms with Crippen molar-refractivity contribution in [2.24, 2.45) is 11.7 Å². The smallest absolute Gasteiger partial charge is 0.161 e. The maximum Gasteiger partial charge on any atom is 0.161 e. The molecule has 0 spiro atoms. The first-order chi connectivity index (χ1) is 10.3. The summed E-state index contributed by atoms with van der Waals surface area (Å²) in [7, 11) is 0. The van der Waals surface area contributed by atoms with E-state index >= 15 is 0 Å². The summed E-state index contributed by atoms with van der Waals surface area (Å²) in [5.74, 6) is 5.33. The highest BCUT2D eigenvalue weighted by molar-refractivity contribution is 7.99. The monoisotopic (exact) mass is 309 g/mol. The van der Waals surface area contributed by atoms with E-state index in [1.807, 2.05) is 19.9 Å². The fourth-order valence-electron chi connectivity index (χ4n) is 3.02. The second-order valence-electron chi connectivity index (χ2n) is 5.36. The van der Waals surface area contributed by atoms with Crippen molar-refractivity contribution in [3.8, 4) is 11.5 Å². The van der Waals surface area contributed by atoms with Crippen molar-refractivity contribution >= 4 is 11.8 Å². The molecule has 0 aliphatic carbocycles. The quantitative estimate of drug-likeness (QED) is 0.834.